The summed E-state index contributed by atoms with van der Waals surface area (Å²) >= 11 is 0. The normalized spacial score (nSPS) is 12.5. The minimum atomic E-state index is -1.26. The van der Waals surface area contributed by atoms with E-state index in [-0.39, 0.29) is 0 Å². The van der Waals surface area contributed by atoms with Crippen molar-refractivity contribution >= 4 is 23.4 Å². The molecule has 0 saturated carbocycles. The van der Waals surface area contributed by atoms with Gasteiger partial charge in [-0.2, -0.15) is 0 Å². The van der Waals surface area contributed by atoms with Crippen LogP contribution >= 0.6 is 0 Å². The van der Waals surface area contributed by atoms with E-state index in [1.807, 2.05) is 0 Å². The molecule has 0 bridgehead atoms. The minimum Gasteiger partial charge on any atom is -0.369 e. The van der Waals surface area contributed by atoms with Crippen molar-refractivity contribution in [3.8, 4) is 0 Å². The van der Waals surface area contributed by atoms with E-state index in [9.17, 15) is 19.2 Å². The van der Waals surface area contributed by atoms with E-state index in [1.165, 1.54) is 6.07 Å². The van der Waals surface area contributed by atoms with Crippen LogP contribution in [0.2, 0.25) is 0 Å². The van der Waals surface area contributed by atoms with E-state index in [0.717, 1.165) is 0 Å². The molecule has 0 aliphatic heterocycles. The molecule has 6 heteroatoms. The van der Waals surface area contributed by atoms with Crippen molar-refractivity contribution in [3.63, 3.8) is 0 Å². The Morgan fingerprint density at radius 1 is 0.645 bits per heavy atom. The number of primary amides is 2. The molecule has 0 aliphatic carbocycles. The Hall–Kier alpha value is -4.06. The molecule has 0 spiro atoms. The standard InChI is InChI=1S/C25H22N2O4/c1-15-12-13-18(20(24(26)30)22(28)16-8-4-2-5-9-16)14-19(15)21(25(27)31)23(29)17-10-6-3-7-11-17/h2-14,20-21H,1H3,(H2,26,30)(H2,27,31). The van der Waals surface area contributed by atoms with Gasteiger partial charge in [0.25, 0.3) is 0 Å². The Morgan fingerprint density at radius 2 is 1.10 bits per heavy atom. The molecular weight excluding hydrogens is 392 g/mol. The summed E-state index contributed by atoms with van der Waals surface area (Å²) in [5, 5.41) is 0. The van der Waals surface area contributed by atoms with Gasteiger partial charge in [-0.25, -0.2) is 0 Å². The maximum absolute atomic E-state index is 13.0. The summed E-state index contributed by atoms with van der Waals surface area (Å²) in [7, 11) is 0. The van der Waals surface area contributed by atoms with Gasteiger partial charge in [-0.15, -0.1) is 0 Å². The first-order valence-corrected chi connectivity index (χ1v) is 9.69. The van der Waals surface area contributed by atoms with Crippen LogP contribution in [0.5, 0.6) is 0 Å². The Labute approximate surface area is 179 Å². The molecule has 4 N–H and O–H groups in total. The zero-order valence-electron chi connectivity index (χ0n) is 16.9. The highest BCUT2D eigenvalue weighted by atomic mass is 16.2. The van der Waals surface area contributed by atoms with Gasteiger partial charge in [0.15, 0.2) is 11.6 Å². The molecule has 3 aromatic rings. The quantitative estimate of drug-likeness (QED) is 0.435. The Kier molecular flexibility index (Phi) is 6.40. The van der Waals surface area contributed by atoms with Gasteiger partial charge in [-0.1, -0.05) is 78.9 Å². The van der Waals surface area contributed by atoms with Crippen LogP contribution in [0.1, 0.15) is 49.2 Å². The number of Topliss-reactive ketones (excluding diaryl/α,β-unsaturated/α-hetero) is 2. The smallest absolute Gasteiger partial charge is 0.232 e. The molecule has 31 heavy (non-hydrogen) atoms. The molecule has 3 rings (SSSR count). The van der Waals surface area contributed by atoms with Crippen molar-refractivity contribution in [1.82, 2.24) is 0 Å². The molecule has 0 fully saturated rings. The fourth-order valence-corrected chi connectivity index (χ4v) is 3.56. The van der Waals surface area contributed by atoms with Crippen LogP contribution in [0.25, 0.3) is 0 Å². The largest absolute Gasteiger partial charge is 0.369 e. The second-order valence-electron chi connectivity index (χ2n) is 7.25. The average molecular weight is 414 g/mol. The predicted molar refractivity (Wildman–Crippen MR) is 117 cm³/mol. The molecule has 156 valence electrons. The van der Waals surface area contributed by atoms with Crippen LogP contribution in [0.15, 0.2) is 78.9 Å². The fourth-order valence-electron chi connectivity index (χ4n) is 3.56. The summed E-state index contributed by atoms with van der Waals surface area (Å²) in [4.78, 5) is 50.5. The molecule has 2 unspecified atom stereocenters. The monoisotopic (exact) mass is 414 g/mol. The molecule has 0 aliphatic rings. The highest BCUT2D eigenvalue weighted by Gasteiger charge is 2.32. The molecule has 2 atom stereocenters. The van der Waals surface area contributed by atoms with Crippen LogP contribution in [0.4, 0.5) is 0 Å². The summed E-state index contributed by atoms with van der Waals surface area (Å²) in [5.74, 6) is -5.09. The third-order valence-electron chi connectivity index (χ3n) is 5.16. The number of carbonyl (C=O) groups excluding carboxylic acids is 4. The van der Waals surface area contributed by atoms with Gasteiger partial charge >= 0.3 is 0 Å². The zero-order valence-corrected chi connectivity index (χ0v) is 16.9. The summed E-state index contributed by atoms with van der Waals surface area (Å²) in [5.41, 5.74) is 13.1. The predicted octanol–water partition coefficient (Wildman–Crippen LogP) is 2.90. The van der Waals surface area contributed by atoms with Crippen LogP contribution in [0.3, 0.4) is 0 Å². The van der Waals surface area contributed by atoms with Crippen LogP contribution in [0, 0.1) is 6.92 Å². The van der Waals surface area contributed by atoms with E-state index >= 15 is 0 Å². The molecule has 6 nitrogen and oxygen atoms in total. The van der Waals surface area contributed by atoms with Gasteiger partial charge in [-0.05, 0) is 23.6 Å². The van der Waals surface area contributed by atoms with Crippen molar-refractivity contribution in [1.29, 1.82) is 0 Å². The summed E-state index contributed by atoms with van der Waals surface area (Å²) in [6.07, 6.45) is 0. The Balaban J connectivity index is 2.08. The number of amides is 2. The SMILES string of the molecule is Cc1ccc(C(C(N)=O)C(=O)c2ccccc2)cc1C(C(N)=O)C(=O)c1ccccc1. The molecule has 0 heterocycles. The highest BCUT2D eigenvalue weighted by molar-refractivity contribution is 6.15. The third kappa shape index (κ3) is 4.59. The maximum Gasteiger partial charge on any atom is 0.232 e. The topological polar surface area (TPSA) is 120 Å². The number of ketones is 2. The van der Waals surface area contributed by atoms with Crippen LogP contribution < -0.4 is 11.5 Å². The highest BCUT2D eigenvalue weighted by Crippen LogP contribution is 2.29. The van der Waals surface area contributed by atoms with Crippen LogP contribution in [-0.4, -0.2) is 23.4 Å². The van der Waals surface area contributed by atoms with Crippen LogP contribution in [-0.2, 0) is 9.59 Å². The van der Waals surface area contributed by atoms with Gasteiger partial charge in [0.2, 0.25) is 11.8 Å². The van der Waals surface area contributed by atoms with Gasteiger partial charge in [0, 0.05) is 11.1 Å². The Bertz CT molecular complexity index is 1140. The molecule has 0 saturated heterocycles. The first-order valence-electron chi connectivity index (χ1n) is 9.69. The van der Waals surface area contributed by atoms with Crippen molar-refractivity contribution in [3.05, 3.63) is 107 Å². The second kappa shape index (κ2) is 9.17. The number of aryl methyl sites for hydroxylation is 1. The van der Waals surface area contributed by atoms with E-state index in [1.54, 1.807) is 79.7 Å². The number of hydrogen-bond donors (Lipinski definition) is 2. The van der Waals surface area contributed by atoms with Gasteiger partial charge in [-0.3, -0.25) is 19.2 Å². The maximum atomic E-state index is 13.0. The van der Waals surface area contributed by atoms with Gasteiger partial charge in [0.1, 0.15) is 11.8 Å². The third-order valence-corrected chi connectivity index (χ3v) is 5.16. The lowest BCUT2D eigenvalue weighted by molar-refractivity contribution is -0.119. The van der Waals surface area contributed by atoms with Gasteiger partial charge in [0.05, 0.1) is 0 Å². The fraction of sp³-hybridized carbons (Fsp3) is 0.120. The van der Waals surface area contributed by atoms with E-state index < -0.39 is 35.2 Å². The lowest BCUT2D eigenvalue weighted by atomic mass is 9.83. The van der Waals surface area contributed by atoms with Gasteiger partial charge < -0.3 is 11.5 Å². The molecule has 0 aromatic heterocycles. The Morgan fingerprint density at radius 3 is 1.55 bits per heavy atom. The number of carbonyl (C=O) groups is 4. The van der Waals surface area contributed by atoms with Crippen molar-refractivity contribution < 1.29 is 19.2 Å². The molecule has 3 aromatic carbocycles. The van der Waals surface area contributed by atoms with Crippen molar-refractivity contribution in [2.24, 2.45) is 11.5 Å². The first-order chi connectivity index (χ1) is 14.8. The molecular formula is C25H22N2O4. The summed E-state index contributed by atoms with van der Waals surface area (Å²) < 4.78 is 0. The van der Waals surface area contributed by atoms with E-state index in [4.69, 9.17) is 11.5 Å². The lowest BCUT2D eigenvalue weighted by Gasteiger charge is -2.19. The second-order valence-corrected chi connectivity index (χ2v) is 7.25. The number of hydrogen-bond acceptors (Lipinski definition) is 4. The average Bonchev–Trinajstić information content (AvgIpc) is 2.76. The number of benzene rings is 3. The lowest BCUT2D eigenvalue weighted by Crippen LogP contribution is -2.31. The first kappa shape index (κ1) is 21.6. The summed E-state index contributed by atoms with van der Waals surface area (Å²) in [6.45, 7) is 1.73. The molecule has 2 amide bonds. The molecule has 0 radical (unpaired) electrons. The number of rotatable bonds is 8. The minimum absolute atomic E-state index is 0.300. The summed E-state index contributed by atoms with van der Waals surface area (Å²) in [6, 6.07) is 21.4. The van der Waals surface area contributed by atoms with Crippen molar-refractivity contribution in [2.75, 3.05) is 0 Å². The van der Waals surface area contributed by atoms with E-state index in [2.05, 4.69) is 0 Å². The number of nitrogens with two attached hydrogens (primary N) is 2. The van der Waals surface area contributed by atoms with E-state index in [0.29, 0.717) is 27.8 Å². The van der Waals surface area contributed by atoms with Crippen molar-refractivity contribution in [2.45, 2.75) is 18.8 Å². The zero-order chi connectivity index (χ0) is 22.5.